The van der Waals surface area contributed by atoms with Gasteiger partial charge in [0, 0.05) is 11.3 Å². The first-order valence-electron chi connectivity index (χ1n) is 6.02. The Balaban J connectivity index is 2.95. The van der Waals surface area contributed by atoms with E-state index in [1.165, 1.54) is 0 Å². The molecule has 0 bridgehead atoms. The first-order valence-corrected chi connectivity index (χ1v) is 6.02. The van der Waals surface area contributed by atoms with E-state index in [0.29, 0.717) is 0 Å². The largest absolute Gasteiger partial charge is 0.444 e. The molecule has 118 valence electrons. The molecule has 1 atom stereocenters. The highest BCUT2D eigenvalue weighted by molar-refractivity contribution is 5.85. The van der Waals surface area contributed by atoms with Crippen LogP contribution < -0.4 is 11.1 Å². The van der Waals surface area contributed by atoms with E-state index in [1.807, 2.05) is 0 Å². The number of amides is 1. The second-order valence-electron chi connectivity index (χ2n) is 5.38. The van der Waals surface area contributed by atoms with Crippen molar-refractivity contribution in [2.45, 2.75) is 38.6 Å². The molecule has 0 aliphatic carbocycles. The predicted octanol–water partition coefficient (Wildman–Crippen LogP) is 3.73. The van der Waals surface area contributed by atoms with Crippen LogP contribution in [0.4, 0.5) is 28.0 Å². The smallest absolute Gasteiger partial charge is 0.412 e. The van der Waals surface area contributed by atoms with Crippen molar-refractivity contribution in [3.8, 4) is 0 Å². The summed E-state index contributed by atoms with van der Waals surface area (Å²) in [5.74, 6) is -1.10. The van der Waals surface area contributed by atoms with Crippen LogP contribution in [0.15, 0.2) is 18.2 Å². The Morgan fingerprint density at radius 3 is 2.33 bits per heavy atom. The number of nitrogens with two attached hydrogens (primary N) is 1. The van der Waals surface area contributed by atoms with Crippen molar-refractivity contribution < 1.29 is 27.1 Å². The molecule has 1 aromatic rings. The van der Waals surface area contributed by atoms with Gasteiger partial charge in [0.25, 0.3) is 0 Å². The van der Waals surface area contributed by atoms with Crippen LogP contribution in [-0.4, -0.2) is 17.9 Å². The van der Waals surface area contributed by atoms with Crippen LogP contribution in [0.2, 0.25) is 0 Å². The zero-order chi connectivity index (χ0) is 16.4. The van der Waals surface area contributed by atoms with Crippen LogP contribution in [0.5, 0.6) is 0 Å². The standard InChI is InChI=1S/C13H16F4N2O2/c1-12(2,3)21-11(20)19-7-4-5-9(14)8(6-7)10(18)13(15,16)17/h4-6,10H,18H2,1-3H3,(H,19,20). The summed E-state index contributed by atoms with van der Waals surface area (Å²) in [4.78, 5) is 11.5. The van der Waals surface area contributed by atoms with Gasteiger partial charge in [-0.2, -0.15) is 13.2 Å². The summed E-state index contributed by atoms with van der Waals surface area (Å²) in [5.41, 5.74) is 3.40. The fourth-order valence-electron chi connectivity index (χ4n) is 1.46. The van der Waals surface area contributed by atoms with Gasteiger partial charge < -0.3 is 10.5 Å². The Morgan fingerprint density at radius 1 is 1.29 bits per heavy atom. The summed E-state index contributed by atoms with van der Waals surface area (Å²) < 4.78 is 56.0. The van der Waals surface area contributed by atoms with Crippen molar-refractivity contribution in [1.82, 2.24) is 0 Å². The number of hydrogen-bond acceptors (Lipinski definition) is 3. The van der Waals surface area contributed by atoms with Crippen molar-refractivity contribution in [2.24, 2.45) is 5.73 Å². The molecule has 0 aliphatic rings. The molecule has 1 aromatic carbocycles. The minimum Gasteiger partial charge on any atom is -0.444 e. The van der Waals surface area contributed by atoms with Gasteiger partial charge in [0.1, 0.15) is 17.5 Å². The second kappa shape index (κ2) is 5.88. The molecule has 0 aliphatic heterocycles. The van der Waals surface area contributed by atoms with Gasteiger partial charge in [-0.25, -0.2) is 9.18 Å². The lowest BCUT2D eigenvalue weighted by Gasteiger charge is -2.20. The summed E-state index contributed by atoms with van der Waals surface area (Å²) in [7, 11) is 0. The van der Waals surface area contributed by atoms with Crippen LogP contribution >= 0.6 is 0 Å². The van der Waals surface area contributed by atoms with Crippen molar-refractivity contribution in [1.29, 1.82) is 0 Å². The van der Waals surface area contributed by atoms with E-state index in [2.05, 4.69) is 5.32 Å². The van der Waals surface area contributed by atoms with Gasteiger partial charge in [-0.05, 0) is 39.0 Å². The summed E-state index contributed by atoms with van der Waals surface area (Å²) in [5, 5.41) is 2.22. The van der Waals surface area contributed by atoms with Crippen LogP contribution in [0, 0.1) is 5.82 Å². The van der Waals surface area contributed by atoms with E-state index in [1.54, 1.807) is 20.8 Å². The van der Waals surface area contributed by atoms with Crippen LogP contribution in [0.25, 0.3) is 0 Å². The molecule has 1 rings (SSSR count). The highest BCUT2D eigenvalue weighted by Gasteiger charge is 2.39. The SMILES string of the molecule is CC(C)(C)OC(=O)Nc1ccc(F)c(C(N)C(F)(F)F)c1. The number of anilines is 1. The summed E-state index contributed by atoms with van der Waals surface area (Å²) in [6, 6.07) is 0.273. The first-order chi connectivity index (χ1) is 9.40. The molecule has 1 unspecified atom stereocenters. The molecule has 1 amide bonds. The molecular weight excluding hydrogens is 292 g/mol. The molecule has 0 fully saturated rings. The average molecular weight is 308 g/mol. The molecule has 0 saturated heterocycles. The Bertz CT molecular complexity index is 524. The molecule has 21 heavy (non-hydrogen) atoms. The van der Waals surface area contributed by atoms with Gasteiger partial charge in [0.05, 0.1) is 0 Å². The first kappa shape index (κ1) is 17.2. The number of benzene rings is 1. The van der Waals surface area contributed by atoms with Crippen molar-refractivity contribution in [3.05, 3.63) is 29.6 Å². The van der Waals surface area contributed by atoms with E-state index in [9.17, 15) is 22.4 Å². The van der Waals surface area contributed by atoms with Crippen molar-refractivity contribution in [3.63, 3.8) is 0 Å². The lowest BCUT2D eigenvalue weighted by atomic mass is 10.1. The van der Waals surface area contributed by atoms with E-state index < -0.39 is 35.3 Å². The summed E-state index contributed by atoms with van der Waals surface area (Å²) in [6.07, 6.45) is -5.65. The maximum absolute atomic E-state index is 13.4. The molecule has 0 aromatic heterocycles. The average Bonchev–Trinajstić information content (AvgIpc) is 2.27. The van der Waals surface area contributed by atoms with E-state index in [-0.39, 0.29) is 5.69 Å². The lowest BCUT2D eigenvalue weighted by Crippen LogP contribution is -2.30. The van der Waals surface area contributed by atoms with Gasteiger partial charge in [0.2, 0.25) is 0 Å². The van der Waals surface area contributed by atoms with E-state index in [4.69, 9.17) is 10.5 Å². The van der Waals surface area contributed by atoms with E-state index in [0.717, 1.165) is 18.2 Å². The Labute approximate surface area is 119 Å². The molecular formula is C13H16F4N2O2. The maximum Gasteiger partial charge on any atom is 0.412 e. The fraction of sp³-hybridized carbons (Fsp3) is 0.462. The predicted molar refractivity (Wildman–Crippen MR) is 69.2 cm³/mol. The topological polar surface area (TPSA) is 64.3 Å². The van der Waals surface area contributed by atoms with Crippen molar-refractivity contribution in [2.75, 3.05) is 5.32 Å². The molecule has 0 radical (unpaired) electrons. The zero-order valence-corrected chi connectivity index (χ0v) is 11.7. The lowest BCUT2D eigenvalue weighted by molar-refractivity contribution is -0.149. The number of halogens is 4. The third kappa shape index (κ3) is 5.22. The van der Waals surface area contributed by atoms with Gasteiger partial charge in [0.15, 0.2) is 0 Å². The highest BCUT2D eigenvalue weighted by Crippen LogP contribution is 2.33. The number of ether oxygens (including phenoxy) is 1. The van der Waals surface area contributed by atoms with Gasteiger partial charge >= 0.3 is 12.3 Å². The summed E-state index contributed by atoms with van der Waals surface area (Å²) in [6.45, 7) is 4.88. The number of hydrogen-bond donors (Lipinski definition) is 2. The Kier molecular flexibility index (Phi) is 4.83. The summed E-state index contributed by atoms with van der Waals surface area (Å²) >= 11 is 0. The monoisotopic (exact) mass is 308 g/mol. The minimum atomic E-state index is -4.79. The molecule has 0 spiro atoms. The van der Waals surface area contributed by atoms with Crippen LogP contribution in [0.3, 0.4) is 0 Å². The Morgan fingerprint density at radius 2 is 1.86 bits per heavy atom. The third-order valence-electron chi connectivity index (χ3n) is 2.33. The molecule has 0 saturated carbocycles. The quantitative estimate of drug-likeness (QED) is 0.818. The normalized spacial score (nSPS) is 13.7. The minimum absolute atomic E-state index is 0.0413. The maximum atomic E-state index is 13.4. The molecule has 3 N–H and O–H groups in total. The fourth-order valence-corrected chi connectivity index (χ4v) is 1.46. The zero-order valence-electron chi connectivity index (χ0n) is 11.7. The number of nitrogens with one attached hydrogen (secondary N) is 1. The molecule has 8 heteroatoms. The van der Waals surface area contributed by atoms with Crippen LogP contribution in [-0.2, 0) is 4.74 Å². The number of carbonyl (C=O) groups excluding carboxylic acids is 1. The van der Waals surface area contributed by atoms with E-state index >= 15 is 0 Å². The van der Waals surface area contributed by atoms with Crippen LogP contribution in [0.1, 0.15) is 32.4 Å². The molecule has 4 nitrogen and oxygen atoms in total. The Hall–Kier alpha value is -1.83. The number of rotatable bonds is 2. The van der Waals surface area contributed by atoms with Gasteiger partial charge in [-0.15, -0.1) is 0 Å². The number of alkyl halides is 3. The molecule has 0 heterocycles. The van der Waals surface area contributed by atoms with Crippen molar-refractivity contribution >= 4 is 11.8 Å². The number of carbonyl (C=O) groups is 1. The van der Waals surface area contributed by atoms with Gasteiger partial charge in [-0.1, -0.05) is 0 Å². The highest BCUT2D eigenvalue weighted by atomic mass is 19.4. The second-order valence-corrected chi connectivity index (χ2v) is 5.38. The third-order valence-corrected chi connectivity index (χ3v) is 2.33. The van der Waals surface area contributed by atoms with Gasteiger partial charge in [-0.3, -0.25) is 5.32 Å².